The van der Waals surface area contributed by atoms with Gasteiger partial charge in [0.2, 0.25) is 0 Å². The van der Waals surface area contributed by atoms with E-state index < -0.39 is 5.82 Å². The molecule has 0 spiro atoms. The highest BCUT2D eigenvalue weighted by Crippen LogP contribution is 2.20. The van der Waals surface area contributed by atoms with Crippen molar-refractivity contribution in [2.24, 2.45) is 7.05 Å². The maximum Gasteiger partial charge on any atom is 0.167 e. The van der Waals surface area contributed by atoms with Crippen LogP contribution in [0.2, 0.25) is 0 Å². The van der Waals surface area contributed by atoms with Gasteiger partial charge in [0.1, 0.15) is 6.61 Å². The Bertz CT molecular complexity index is 496. The highest BCUT2D eigenvalue weighted by atomic mass is 19.1. The minimum absolute atomic E-state index is 0.190. The number of ether oxygens (including phenoxy) is 1. The van der Waals surface area contributed by atoms with Crippen molar-refractivity contribution in [3.63, 3.8) is 0 Å². The summed E-state index contributed by atoms with van der Waals surface area (Å²) in [6.45, 7) is 0.275. The van der Waals surface area contributed by atoms with Gasteiger partial charge in [0.05, 0.1) is 5.69 Å². The van der Waals surface area contributed by atoms with E-state index in [0.29, 0.717) is 5.69 Å². The highest BCUT2D eigenvalue weighted by molar-refractivity contribution is 5.42. The van der Waals surface area contributed by atoms with Crippen molar-refractivity contribution < 1.29 is 9.13 Å². The van der Waals surface area contributed by atoms with Crippen molar-refractivity contribution in [3.8, 4) is 5.75 Å². The molecule has 0 saturated heterocycles. The third-order valence-corrected chi connectivity index (χ3v) is 2.25. The van der Waals surface area contributed by atoms with Crippen molar-refractivity contribution in [2.45, 2.75) is 6.61 Å². The molecule has 16 heavy (non-hydrogen) atoms. The number of anilines is 1. The van der Waals surface area contributed by atoms with E-state index in [1.165, 1.54) is 12.1 Å². The largest absolute Gasteiger partial charge is 0.484 e. The number of aryl methyl sites for hydroxylation is 1. The topological polar surface area (TPSA) is 53.1 Å². The number of nitrogens with zero attached hydrogens (tertiary/aromatic N) is 2. The molecule has 0 bridgehead atoms. The highest BCUT2D eigenvalue weighted by Gasteiger charge is 2.05. The Kier molecular flexibility index (Phi) is 2.76. The molecule has 5 heteroatoms. The van der Waals surface area contributed by atoms with E-state index in [2.05, 4.69) is 5.10 Å². The van der Waals surface area contributed by atoms with Crippen molar-refractivity contribution in [1.82, 2.24) is 9.78 Å². The molecule has 0 aliphatic rings. The van der Waals surface area contributed by atoms with E-state index in [9.17, 15) is 4.39 Å². The third-order valence-electron chi connectivity index (χ3n) is 2.25. The molecule has 1 heterocycles. The van der Waals surface area contributed by atoms with E-state index in [0.717, 1.165) is 5.69 Å². The lowest BCUT2D eigenvalue weighted by Gasteiger charge is -2.07. The predicted molar refractivity (Wildman–Crippen MR) is 58.4 cm³/mol. The first kappa shape index (κ1) is 10.5. The number of nitrogen functional groups attached to an aromatic ring is 1. The molecular formula is C11H12FN3O. The van der Waals surface area contributed by atoms with Gasteiger partial charge in [-0.25, -0.2) is 4.39 Å². The van der Waals surface area contributed by atoms with Gasteiger partial charge >= 0.3 is 0 Å². The Morgan fingerprint density at radius 2 is 2.25 bits per heavy atom. The zero-order valence-electron chi connectivity index (χ0n) is 8.85. The van der Waals surface area contributed by atoms with E-state index in [-0.39, 0.29) is 12.4 Å². The van der Waals surface area contributed by atoms with Gasteiger partial charge in [0, 0.05) is 25.0 Å². The Morgan fingerprint density at radius 3 is 2.88 bits per heavy atom. The standard InChI is InChI=1S/C11H12FN3O/c1-15-9(4-5-14-15)7-16-11-3-2-8(13)6-10(11)12/h2-6H,7,13H2,1H3. The van der Waals surface area contributed by atoms with Gasteiger partial charge in [0.25, 0.3) is 0 Å². The van der Waals surface area contributed by atoms with Gasteiger partial charge < -0.3 is 10.5 Å². The molecule has 0 aliphatic heterocycles. The normalized spacial score (nSPS) is 10.4. The zero-order chi connectivity index (χ0) is 11.5. The van der Waals surface area contributed by atoms with Crippen LogP contribution in [0.5, 0.6) is 5.75 Å². The van der Waals surface area contributed by atoms with Crippen molar-refractivity contribution in [1.29, 1.82) is 0 Å². The Hall–Kier alpha value is -2.04. The summed E-state index contributed by atoms with van der Waals surface area (Å²) < 4.78 is 20.4. The van der Waals surface area contributed by atoms with Crippen LogP contribution in [0.25, 0.3) is 0 Å². The van der Waals surface area contributed by atoms with Gasteiger partial charge in [-0.2, -0.15) is 5.10 Å². The molecule has 1 aromatic carbocycles. The Morgan fingerprint density at radius 1 is 1.44 bits per heavy atom. The minimum Gasteiger partial charge on any atom is -0.484 e. The SMILES string of the molecule is Cn1nccc1COc1ccc(N)cc1F. The Balaban J connectivity index is 2.08. The summed E-state index contributed by atoms with van der Waals surface area (Å²) >= 11 is 0. The predicted octanol–water partition coefficient (Wildman–Crippen LogP) is 1.72. The van der Waals surface area contributed by atoms with Crippen molar-refractivity contribution in [3.05, 3.63) is 42.0 Å². The summed E-state index contributed by atoms with van der Waals surface area (Å²) in [6.07, 6.45) is 1.66. The van der Waals surface area contributed by atoms with Crippen LogP contribution in [0.3, 0.4) is 0 Å². The van der Waals surface area contributed by atoms with E-state index >= 15 is 0 Å². The first-order valence-corrected chi connectivity index (χ1v) is 4.81. The van der Waals surface area contributed by atoms with Crippen molar-refractivity contribution in [2.75, 3.05) is 5.73 Å². The van der Waals surface area contributed by atoms with Crippen LogP contribution in [0.15, 0.2) is 30.5 Å². The molecule has 2 aromatic rings. The zero-order valence-corrected chi connectivity index (χ0v) is 8.85. The van der Waals surface area contributed by atoms with E-state index in [4.69, 9.17) is 10.5 Å². The molecule has 0 aliphatic carbocycles. The second-order valence-corrected chi connectivity index (χ2v) is 3.42. The average Bonchev–Trinajstić information content (AvgIpc) is 2.63. The molecular weight excluding hydrogens is 209 g/mol. The number of hydrogen-bond donors (Lipinski definition) is 1. The molecule has 0 radical (unpaired) electrons. The summed E-state index contributed by atoms with van der Waals surface area (Å²) in [6, 6.07) is 6.16. The van der Waals surface area contributed by atoms with Crippen LogP contribution < -0.4 is 10.5 Å². The maximum atomic E-state index is 13.4. The fraction of sp³-hybridized carbons (Fsp3) is 0.182. The Labute approximate surface area is 92.4 Å². The number of rotatable bonds is 3. The van der Waals surface area contributed by atoms with Crippen LogP contribution in [-0.4, -0.2) is 9.78 Å². The fourth-order valence-electron chi connectivity index (χ4n) is 1.33. The van der Waals surface area contributed by atoms with Gasteiger partial charge in [0.15, 0.2) is 11.6 Å². The summed E-state index contributed by atoms with van der Waals surface area (Å²) in [5.41, 5.74) is 6.68. The summed E-state index contributed by atoms with van der Waals surface area (Å²) in [5, 5.41) is 3.99. The number of hydrogen-bond acceptors (Lipinski definition) is 3. The molecule has 4 nitrogen and oxygen atoms in total. The van der Waals surface area contributed by atoms with E-state index in [1.807, 2.05) is 6.07 Å². The lowest BCUT2D eigenvalue weighted by atomic mass is 10.3. The maximum absolute atomic E-state index is 13.4. The minimum atomic E-state index is -0.456. The second kappa shape index (κ2) is 4.22. The van der Waals surface area contributed by atoms with Crippen LogP contribution in [0.1, 0.15) is 5.69 Å². The molecule has 0 atom stereocenters. The lowest BCUT2D eigenvalue weighted by Crippen LogP contribution is -2.04. The van der Waals surface area contributed by atoms with Gasteiger partial charge in [-0.3, -0.25) is 4.68 Å². The van der Waals surface area contributed by atoms with Crippen LogP contribution in [0.4, 0.5) is 10.1 Å². The van der Waals surface area contributed by atoms with Crippen LogP contribution >= 0.6 is 0 Å². The number of benzene rings is 1. The molecule has 0 unspecified atom stereocenters. The quantitative estimate of drug-likeness (QED) is 0.803. The third kappa shape index (κ3) is 2.13. The lowest BCUT2D eigenvalue weighted by molar-refractivity contribution is 0.280. The number of aromatic nitrogens is 2. The molecule has 2 rings (SSSR count). The van der Waals surface area contributed by atoms with Gasteiger partial charge in [-0.05, 0) is 18.2 Å². The number of nitrogens with two attached hydrogens (primary N) is 1. The monoisotopic (exact) mass is 221 g/mol. The summed E-state index contributed by atoms with van der Waals surface area (Å²) in [4.78, 5) is 0. The van der Waals surface area contributed by atoms with Gasteiger partial charge in [-0.1, -0.05) is 0 Å². The second-order valence-electron chi connectivity index (χ2n) is 3.42. The first-order valence-electron chi connectivity index (χ1n) is 4.81. The summed E-state index contributed by atoms with van der Waals surface area (Å²) in [7, 11) is 1.80. The molecule has 84 valence electrons. The smallest absolute Gasteiger partial charge is 0.167 e. The molecule has 0 amide bonds. The number of halogens is 1. The first-order chi connectivity index (χ1) is 7.66. The van der Waals surface area contributed by atoms with Crippen LogP contribution in [0, 0.1) is 5.82 Å². The fourth-order valence-corrected chi connectivity index (χ4v) is 1.33. The average molecular weight is 221 g/mol. The van der Waals surface area contributed by atoms with Crippen molar-refractivity contribution >= 4 is 5.69 Å². The van der Waals surface area contributed by atoms with E-state index in [1.54, 1.807) is 24.0 Å². The van der Waals surface area contributed by atoms with Gasteiger partial charge in [-0.15, -0.1) is 0 Å². The van der Waals surface area contributed by atoms with Crippen LogP contribution in [-0.2, 0) is 13.7 Å². The molecule has 2 N–H and O–H groups in total. The molecule has 1 aromatic heterocycles. The molecule has 0 saturated carbocycles. The summed E-state index contributed by atoms with van der Waals surface area (Å²) in [5.74, 6) is -0.266. The molecule has 0 fully saturated rings.